The second-order valence-electron chi connectivity index (χ2n) is 4.38. The van der Waals surface area contributed by atoms with Gasteiger partial charge in [0.05, 0.1) is 0 Å². The van der Waals surface area contributed by atoms with Crippen LogP contribution in [0.5, 0.6) is 0 Å². The Bertz CT molecular complexity index is 369. The first-order valence-corrected chi connectivity index (χ1v) is 4.98. The van der Waals surface area contributed by atoms with Gasteiger partial charge in [0.25, 0.3) is 0 Å². The molecule has 0 aromatic carbocycles. The van der Waals surface area contributed by atoms with Gasteiger partial charge in [-0.3, -0.25) is 4.98 Å². The molecule has 1 heterocycles. The molecule has 1 fully saturated rings. The molecule has 0 aliphatic heterocycles. The van der Waals surface area contributed by atoms with E-state index in [0.29, 0.717) is 0 Å². The van der Waals surface area contributed by atoms with E-state index in [4.69, 9.17) is 5.73 Å². The van der Waals surface area contributed by atoms with Crippen LogP contribution < -0.4 is 5.73 Å². The molecule has 0 saturated heterocycles. The average molecular weight is 212 g/mol. The van der Waals surface area contributed by atoms with Gasteiger partial charge in [-0.1, -0.05) is 0 Å². The van der Waals surface area contributed by atoms with Gasteiger partial charge in [0.1, 0.15) is 0 Å². The maximum Gasteiger partial charge on any atom is 0.250 e. The predicted molar refractivity (Wildman–Crippen MR) is 53.9 cm³/mol. The van der Waals surface area contributed by atoms with E-state index in [2.05, 4.69) is 4.98 Å². The van der Waals surface area contributed by atoms with Gasteiger partial charge in [0.15, 0.2) is 0 Å². The molecule has 4 heteroatoms. The van der Waals surface area contributed by atoms with Crippen LogP contribution in [0, 0.1) is 6.92 Å². The van der Waals surface area contributed by atoms with Crippen molar-refractivity contribution in [2.45, 2.75) is 31.1 Å². The number of aromatic nitrogens is 1. The first-order chi connectivity index (χ1) is 6.99. The molecule has 0 bridgehead atoms. The molecule has 1 aromatic heterocycles. The Balaban J connectivity index is 2.34. The molecule has 0 amide bonds. The lowest BCUT2D eigenvalue weighted by molar-refractivity contribution is -0.123. The zero-order valence-electron chi connectivity index (χ0n) is 8.63. The topological polar surface area (TPSA) is 38.9 Å². The van der Waals surface area contributed by atoms with Gasteiger partial charge >= 0.3 is 0 Å². The van der Waals surface area contributed by atoms with Crippen LogP contribution in [0.2, 0.25) is 0 Å². The first kappa shape index (κ1) is 10.5. The summed E-state index contributed by atoms with van der Waals surface area (Å²) in [5.41, 5.74) is 6.97. The highest BCUT2D eigenvalue weighted by Gasteiger charge is 2.56. The molecule has 2 N–H and O–H groups in total. The summed E-state index contributed by atoms with van der Waals surface area (Å²) < 4.78 is 25.9. The van der Waals surface area contributed by atoms with Crippen LogP contribution in [0.4, 0.5) is 8.78 Å². The first-order valence-electron chi connectivity index (χ1n) is 4.98. The van der Waals surface area contributed by atoms with Crippen LogP contribution in [0.15, 0.2) is 18.5 Å². The van der Waals surface area contributed by atoms with Crippen molar-refractivity contribution in [3.63, 3.8) is 0 Å². The lowest BCUT2D eigenvalue weighted by Crippen LogP contribution is -2.54. The molecule has 1 aliphatic carbocycles. The Hall–Kier alpha value is -1.03. The second kappa shape index (κ2) is 3.23. The molecular weight excluding hydrogens is 198 g/mol. The van der Waals surface area contributed by atoms with E-state index >= 15 is 0 Å². The summed E-state index contributed by atoms with van der Waals surface area (Å²) in [6.07, 6.45) is 3.06. The summed E-state index contributed by atoms with van der Waals surface area (Å²) in [6, 6.07) is 1.80. The highest BCUT2D eigenvalue weighted by Crippen LogP contribution is 2.53. The normalized spacial score (nSPS) is 22.1. The molecule has 0 spiro atoms. The Morgan fingerprint density at radius 1 is 1.47 bits per heavy atom. The van der Waals surface area contributed by atoms with Crippen LogP contribution in [-0.4, -0.2) is 17.5 Å². The number of halogens is 2. The molecule has 2 nitrogen and oxygen atoms in total. The summed E-state index contributed by atoms with van der Waals surface area (Å²) in [5.74, 6) is -2.55. The zero-order chi connectivity index (χ0) is 11.1. The van der Waals surface area contributed by atoms with Crippen LogP contribution >= 0.6 is 0 Å². The van der Waals surface area contributed by atoms with Crippen LogP contribution in [0.1, 0.15) is 24.0 Å². The monoisotopic (exact) mass is 212 g/mol. The third-order valence-electron chi connectivity index (χ3n) is 3.18. The Morgan fingerprint density at radius 2 is 2.13 bits per heavy atom. The van der Waals surface area contributed by atoms with Crippen molar-refractivity contribution in [2.75, 3.05) is 6.54 Å². The number of pyridine rings is 1. The van der Waals surface area contributed by atoms with Crippen molar-refractivity contribution in [2.24, 2.45) is 5.73 Å². The Morgan fingerprint density at radius 3 is 2.60 bits per heavy atom. The number of nitrogens with zero attached hydrogens (tertiary/aromatic N) is 1. The molecule has 82 valence electrons. The van der Waals surface area contributed by atoms with E-state index in [1.807, 2.05) is 6.92 Å². The largest absolute Gasteiger partial charge is 0.330 e. The molecule has 1 aromatic rings. The van der Waals surface area contributed by atoms with Crippen LogP contribution in [0.3, 0.4) is 0 Å². The summed E-state index contributed by atoms with van der Waals surface area (Å²) in [7, 11) is 0. The van der Waals surface area contributed by atoms with E-state index < -0.39 is 11.3 Å². The van der Waals surface area contributed by atoms with E-state index in [9.17, 15) is 8.78 Å². The maximum atomic E-state index is 13.0. The Kier molecular flexibility index (Phi) is 2.26. The zero-order valence-corrected chi connectivity index (χ0v) is 8.63. The van der Waals surface area contributed by atoms with Crippen molar-refractivity contribution in [1.29, 1.82) is 0 Å². The van der Waals surface area contributed by atoms with Gasteiger partial charge in [-0.2, -0.15) is 0 Å². The lowest BCUT2D eigenvalue weighted by Gasteiger charge is -2.47. The van der Waals surface area contributed by atoms with Gasteiger partial charge in [-0.05, 0) is 24.1 Å². The molecule has 0 radical (unpaired) electrons. The summed E-state index contributed by atoms with van der Waals surface area (Å²) >= 11 is 0. The molecule has 2 rings (SSSR count). The van der Waals surface area contributed by atoms with Crippen LogP contribution in [-0.2, 0) is 5.41 Å². The van der Waals surface area contributed by atoms with Crippen molar-refractivity contribution in [3.8, 4) is 0 Å². The fraction of sp³-hybridized carbons (Fsp3) is 0.545. The molecule has 1 aliphatic rings. The third kappa shape index (κ3) is 1.63. The quantitative estimate of drug-likeness (QED) is 0.814. The van der Waals surface area contributed by atoms with Gasteiger partial charge in [-0.25, -0.2) is 8.78 Å². The van der Waals surface area contributed by atoms with Crippen molar-refractivity contribution in [3.05, 3.63) is 29.6 Å². The van der Waals surface area contributed by atoms with Gasteiger partial charge < -0.3 is 5.73 Å². The average Bonchev–Trinajstić information content (AvgIpc) is 2.14. The number of aryl methyl sites for hydroxylation is 1. The van der Waals surface area contributed by atoms with Crippen molar-refractivity contribution < 1.29 is 8.78 Å². The number of nitrogens with two attached hydrogens (primary N) is 1. The van der Waals surface area contributed by atoms with Gasteiger partial charge in [0, 0.05) is 37.2 Å². The van der Waals surface area contributed by atoms with E-state index in [1.165, 1.54) is 0 Å². The number of alkyl halides is 2. The lowest BCUT2D eigenvalue weighted by atomic mass is 9.61. The fourth-order valence-corrected chi connectivity index (χ4v) is 2.45. The van der Waals surface area contributed by atoms with Crippen LogP contribution in [0.25, 0.3) is 0 Å². The highest BCUT2D eigenvalue weighted by atomic mass is 19.3. The van der Waals surface area contributed by atoms with Gasteiger partial charge in [0.2, 0.25) is 5.92 Å². The molecule has 15 heavy (non-hydrogen) atoms. The molecule has 1 saturated carbocycles. The summed E-state index contributed by atoms with van der Waals surface area (Å²) in [5, 5.41) is 0. The van der Waals surface area contributed by atoms with Crippen molar-refractivity contribution in [1.82, 2.24) is 4.98 Å². The van der Waals surface area contributed by atoms with E-state index in [0.717, 1.165) is 11.1 Å². The van der Waals surface area contributed by atoms with E-state index in [1.54, 1.807) is 18.5 Å². The van der Waals surface area contributed by atoms with Gasteiger partial charge in [-0.15, -0.1) is 0 Å². The predicted octanol–water partition coefficient (Wildman–Crippen LogP) is 2.02. The third-order valence-corrected chi connectivity index (χ3v) is 3.18. The molecule has 0 unspecified atom stereocenters. The minimum absolute atomic E-state index is 0.138. The smallest absolute Gasteiger partial charge is 0.250 e. The number of hydrogen-bond donors (Lipinski definition) is 1. The minimum Gasteiger partial charge on any atom is -0.330 e. The SMILES string of the molecule is Cc1cnccc1C1(CN)CC(F)(F)C1. The number of rotatable bonds is 2. The fourth-order valence-electron chi connectivity index (χ4n) is 2.45. The van der Waals surface area contributed by atoms with Crippen molar-refractivity contribution >= 4 is 0 Å². The Labute approximate surface area is 87.5 Å². The summed E-state index contributed by atoms with van der Waals surface area (Å²) in [4.78, 5) is 3.96. The molecule has 0 atom stereocenters. The molecular formula is C11H14F2N2. The summed E-state index contributed by atoms with van der Waals surface area (Å²) in [6.45, 7) is 2.16. The standard InChI is InChI=1S/C11H14F2N2/c1-8-4-15-3-2-9(8)10(7-14)5-11(12,13)6-10/h2-4H,5-7,14H2,1H3. The number of hydrogen-bond acceptors (Lipinski definition) is 2. The highest BCUT2D eigenvalue weighted by molar-refractivity contribution is 5.35. The second-order valence-corrected chi connectivity index (χ2v) is 4.38. The van der Waals surface area contributed by atoms with E-state index in [-0.39, 0.29) is 19.4 Å². The maximum absolute atomic E-state index is 13.0. The minimum atomic E-state index is -2.55.